The van der Waals surface area contributed by atoms with Gasteiger partial charge in [0, 0.05) is 34.5 Å². The number of sulfone groups is 1. The molecule has 1 N–H and O–H groups in total. The number of nitrogens with one attached hydrogen (secondary N) is 1. The number of piperidine rings is 1. The van der Waals surface area contributed by atoms with Crippen molar-refractivity contribution < 1.29 is 8.42 Å². The molecule has 5 heterocycles. The number of aromatic amines is 1. The SMILES string of the molecule is Cc1cc(-c2cc3c(-c4cnn(C5CCN(C)CC5)c4)c[nH]c3nn2)cc(C)c1C1=CCS(=O)(=O)CC1. The second-order valence-corrected chi connectivity index (χ2v) is 12.7. The fourth-order valence-electron chi connectivity index (χ4n) is 5.76. The molecule has 0 radical (unpaired) electrons. The highest BCUT2D eigenvalue weighted by atomic mass is 32.2. The molecular weight excluding hydrogens is 484 g/mol. The molecule has 1 saturated heterocycles. The van der Waals surface area contributed by atoms with E-state index in [0.717, 1.165) is 81.6 Å². The lowest BCUT2D eigenvalue weighted by atomic mass is 9.91. The quantitative estimate of drug-likeness (QED) is 0.427. The van der Waals surface area contributed by atoms with Gasteiger partial charge in [0.2, 0.25) is 0 Å². The maximum Gasteiger partial charge on any atom is 0.160 e. The molecule has 0 saturated carbocycles. The molecule has 0 spiro atoms. The van der Waals surface area contributed by atoms with Crippen LogP contribution in [-0.4, -0.2) is 69.9 Å². The van der Waals surface area contributed by atoms with Gasteiger partial charge in [-0.1, -0.05) is 6.08 Å². The Hall–Kier alpha value is -3.30. The monoisotopic (exact) mass is 516 g/mol. The van der Waals surface area contributed by atoms with Crippen LogP contribution in [0.1, 0.15) is 42.0 Å². The summed E-state index contributed by atoms with van der Waals surface area (Å²) in [6, 6.07) is 6.80. The van der Waals surface area contributed by atoms with Gasteiger partial charge in [-0.25, -0.2) is 8.42 Å². The normalized spacial score (nSPS) is 18.8. The number of nitrogens with zero attached hydrogens (tertiary/aromatic N) is 5. The molecule has 0 amide bonds. The summed E-state index contributed by atoms with van der Waals surface area (Å²) >= 11 is 0. The van der Waals surface area contributed by atoms with Crippen LogP contribution in [0.25, 0.3) is 39.0 Å². The Bertz CT molecular complexity index is 1600. The van der Waals surface area contributed by atoms with Crippen molar-refractivity contribution in [3.8, 4) is 22.4 Å². The third-order valence-electron chi connectivity index (χ3n) is 7.83. The van der Waals surface area contributed by atoms with Crippen LogP contribution in [0.5, 0.6) is 0 Å². The fraction of sp³-hybridized carbons (Fsp3) is 0.393. The van der Waals surface area contributed by atoms with Gasteiger partial charge in [0.05, 0.1) is 29.4 Å². The van der Waals surface area contributed by atoms with Crippen LogP contribution in [0.2, 0.25) is 0 Å². The maximum absolute atomic E-state index is 11.9. The Morgan fingerprint density at radius 2 is 1.78 bits per heavy atom. The average molecular weight is 517 g/mol. The van der Waals surface area contributed by atoms with Crippen LogP contribution in [0.15, 0.2) is 42.9 Å². The first-order chi connectivity index (χ1) is 17.8. The van der Waals surface area contributed by atoms with E-state index in [-0.39, 0.29) is 11.5 Å². The highest BCUT2D eigenvalue weighted by Gasteiger charge is 2.22. The third kappa shape index (κ3) is 4.62. The van der Waals surface area contributed by atoms with E-state index in [4.69, 9.17) is 5.10 Å². The van der Waals surface area contributed by atoms with Crippen molar-refractivity contribution in [2.75, 3.05) is 31.6 Å². The zero-order valence-corrected chi connectivity index (χ0v) is 22.3. The number of fused-ring (bicyclic) bond motifs is 1. The molecule has 6 rings (SSSR count). The minimum absolute atomic E-state index is 0.121. The minimum Gasteiger partial charge on any atom is -0.344 e. The predicted octanol–water partition coefficient (Wildman–Crippen LogP) is 4.57. The lowest BCUT2D eigenvalue weighted by Crippen LogP contribution is -2.31. The maximum atomic E-state index is 11.9. The molecule has 2 aliphatic rings. The van der Waals surface area contributed by atoms with Gasteiger partial charge in [-0.2, -0.15) is 5.10 Å². The van der Waals surface area contributed by atoms with Gasteiger partial charge in [-0.05, 0) is 93.7 Å². The van der Waals surface area contributed by atoms with Crippen molar-refractivity contribution in [2.24, 2.45) is 0 Å². The van der Waals surface area contributed by atoms with Gasteiger partial charge in [0.1, 0.15) is 0 Å². The molecule has 1 aromatic carbocycles. The van der Waals surface area contributed by atoms with Crippen molar-refractivity contribution >= 4 is 26.4 Å². The van der Waals surface area contributed by atoms with Crippen LogP contribution in [-0.2, 0) is 9.84 Å². The number of hydrogen-bond acceptors (Lipinski definition) is 6. The number of H-pyrrole nitrogens is 1. The second-order valence-electron chi connectivity index (χ2n) is 10.5. The summed E-state index contributed by atoms with van der Waals surface area (Å²) in [6.45, 7) is 6.36. The van der Waals surface area contributed by atoms with Crippen LogP contribution < -0.4 is 0 Å². The first kappa shape index (κ1) is 24.1. The van der Waals surface area contributed by atoms with E-state index in [1.54, 1.807) is 0 Å². The Labute approximate surface area is 217 Å². The molecule has 37 heavy (non-hydrogen) atoms. The van der Waals surface area contributed by atoms with Gasteiger partial charge < -0.3 is 9.88 Å². The number of likely N-dealkylation sites (tertiary alicyclic amines) is 1. The molecule has 4 aromatic rings. The Kier molecular flexibility index (Phi) is 6.00. The van der Waals surface area contributed by atoms with E-state index in [0.29, 0.717) is 12.5 Å². The molecule has 9 heteroatoms. The minimum atomic E-state index is -2.96. The summed E-state index contributed by atoms with van der Waals surface area (Å²) in [7, 11) is -0.783. The molecule has 0 atom stereocenters. The average Bonchev–Trinajstić information content (AvgIpc) is 3.52. The summed E-state index contributed by atoms with van der Waals surface area (Å²) in [5.74, 6) is 0.335. The van der Waals surface area contributed by atoms with E-state index >= 15 is 0 Å². The Morgan fingerprint density at radius 1 is 1.03 bits per heavy atom. The molecule has 1 fully saturated rings. The van der Waals surface area contributed by atoms with Gasteiger partial charge in [0.15, 0.2) is 15.5 Å². The Balaban J connectivity index is 1.32. The Morgan fingerprint density at radius 3 is 2.49 bits per heavy atom. The number of aromatic nitrogens is 5. The number of rotatable bonds is 4. The zero-order valence-electron chi connectivity index (χ0n) is 21.5. The molecule has 0 unspecified atom stereocenters. The first-order valence-electron chi connectivity index (χ1n) is 12.9. The highest BCUT2D eigenvalue weighted by molar-refractivity contribution is 7.91. The highest BCUT2D eigenvalue weighted by Crippen LogP contribution is 2.35. The van der Waals surface area contributed by atoms with E-state index in [9.17, 15) is 8.42 Å². The zero-order chi connectivity index (χ0) is 25.7. The largest absolute Gasteiger partial charge is 0.344 e. The lowest BCUT2D eigenvalue weighted by Gasteiger charge is -2.28. The van der Waals surface area contributed by atoms with Crippen molar-refractivity contribution in [3.63, 3.8) is 0 Å². The summed E-state index contributed by atoms with van der Waals surface area (Å²) in [4.78, 5) is 5.64. The van der Waals surface area contributed by atoms with Crippen molar-refractivity contribution in [2.45, 2.75) is 39.2 Å². The summed E-state index contributed by atoms with van der Waals surface area (Å²) in [5.41, 5.74) is 9.23. The van der Waals surface area contributed by atoms with Gasteiger partial charge in [-0.15, -0.1) is 10.2 Å². The van der Waals surface area contributed by atoms with Crippen molar-refractivity contribution in [3.05, 3.63) is 59.6 Å². The van der Waals surface area contributed by atoms with Crippen LogP contribution >= 0.6 is 0 Å². The summed E-state index contributed by atoms with van der Waals surface area (Å²) in [5, 5.41) is 14.7. The molecule has 0 bridgehead atoms. The molecule has 192 valence electrons. The van der Waals surface area contributed by atoms with Crippen molar-refractivity contribution in [1.29, 1.82) is 0 Å². The van der Waals surface area contributed by atoms with E-state index in [1.165, 1.54) is 0 Å². The third-order valence-corrected chi connectivity index (χ3v) is 9.33. The van der Waals surface area contributed by atoms with Crippen molar-refractivity contribution in [1.82, 2.24) is 29.9 Å². The first-order valence-corrected chi connectivity index (χ1v) is 14.7. The number of aryl methyl sites for hydroxylation is 2. The molecule has 8 nitrogen and oxygen atoms in total. The standard InChI is InChI=1S/C28H32N6O2S/c1-18-12-21(13-19(2)27(18)20-6-10-37(35,36)11-7-20)26-14-24-25(16-29-28(24)32-31-26)22-15-30-34(17-22)23-4-8-33(3)9-5-23/h6,12-17,23H,4-5,7-11H2,1-3H3,(H,29,32). The van der Waals surface area contributed by atoms with E-state index < -0.39 is 9.84 Å². The predicted molar refractivity (Wildman–Crippen MR) is 147 cm³/mol. The number of benzene rings is 1. The van der Waals surface area contributed by atoms with Crippen LogP contribution in [0.3, 0.4) is 0 Å². The number of allylic oxidation sites excluding steroid dienone is 1. The summed E-state index contributed by atoms with van der Waals surface area (Å²) in [6.07, 6.45) is 10.8. The van der Waals surface area contributed by atoms with Gasteiger partial charge in [-0.3, -0.25) is 4.68 Å². The molecule has 2 aliphatic heterocycles. The van der Waals surface area contributed by atoms with Crippen LogP contribution in [0.4, 0.5) is 0 Å². The summed E-state index contributed by atoms with van der Waals surface area (Å²) < 4.78 is 25.9. The second kappa shape index (κ2) is 9.22. The van der Waals surface area contributed by atoms with E-state index in [2.05, 4.69) is 70.1 Å². The molecule has 0 aliphatic carbocycles. The smallest absolute Gasteiger partial charge is 0.160 e. The van der Waals surface area contributed by atoms with Gasteiger partial charge in [0.25, 0.3) is 0 Å². The van der Waals surface area contributed by atoms with Gasteiger partial charge >= 0.3 is 0 Å². The topological polar surface area (TPSA) is 96.8 Å². The lowest BCUT2D eigenvalue weighted by molar-refractivity contribution is 0.212. The molecule has 3 aromatic heterocycles. The van der Waals surface area contributed by atoms with Crippen LogP contribution in [0, 0.1) is 13.8 Å². The fourth-order valence-corrected chi connectivity index (χ4v) is 6.91. The van der Waals surface area contributed by atoms with E-state index in [1.807, 2.05) is 18.5 Å². The number of hydrogen-bond donors (Lipinski definition) is 1. The molecular formula is C28H32N6O2S.